The van der Waals surface area contributed by atoms with Crippen LogP contribution < -0.4 is 15.4 Å². The first-order valence-electron chi connectivity index (χ1n) is 11.3. The largest absolute Gasteiger partial charge is 0.497 e. The van der Waals surface area contributed by atoms with Gasteiger partial charge in [-0.1, -0.05) is 12.1 Å². The third-order valence-electron chi connectivity index (χ3n) is 7.41. The van der Waals surface area contributed by atoms with E-state index in [0.29, 0.717) is 12.0 Å². The molecule has 0 spiro atoms. The van der Waals surface area contributed by atoms with Crippen LogP contribution in [0.3, 0.4) is 0 Å². The molecule has 5 rings (SSSR count). The van der Waals surface area contributed by atoms with Crippen molar-refractivity contribution in [1.29, 1.82) is 0 Å². The summed E-state index contributed by atoms with van der Waals surface area (Å²) in [5, 5.41) is 5.81. The number of ether oxygens (including phenoxy) is 1. The number of carbonyl (C=O) groups is 2. The van der Waals surface area contributed by atoms with E-state index in [2.05, 4.69) is 10.6 Å². The fourth-order valence-corrected chi connectivity index (χ4v) is 6.41. The molecule has 5 nitrogen and oxygen atoms in total. The minimum Gasteiger partial charge on any atom is -0.497 e. The van der Waals surface area contributed by atoms with Gasteiger partial charge >= 0.3 is 0 Å². The van der Waals surface area contributed by atoms with Gasteiger partial charge in [0.1, 0.15) is 11.8 Å². The van der Waals surface area contributed by atoms with Crippen LogP contribution in [0.25, 0.3) is 6.08 Å². The molecule has 1 atom stereocenters. The summed E-state index contributed by atoms with van der Waals surface area (Å²) in [6.07, 6.45) is 12.7. The number of methoxy groups -OCH3 is 1. The molecule has 1 unspecified atom stereocenters. The summed E-state index contributed by atoms with van der Waals surface area (Å²) in [7, 11) is 1.62. The molecule has 0 heterocycles. The maximum absolute atomic E-state index is 12.4. The van der Waals surface area contributed by atoms with Crippen LogP contribution in [0.5, 0.6) is 5.75 Å². The van der Waals surface area contributed by atoms with E-state index in [9.17, 15) is 9.59 Å². The van der Waals surface area contributed by atoms with Crippen molar-refractivity contribution in [2.24, 2.45) is 23.2 Å². The van der Waals surface area contributed by atoms with Gasteiger partial charge in [-0.3, -0.25) is 9.59 Å². The van der Waals surface area contributed by atoms with Gasteiger partial charge in [-0.25, -0.2) is 0 Å². The van der Waals surface area contributed by atoms with Gasteiger partial charge in [0.25, 0.3) is 0 Å². The Morgan fingerprint density at radius 2 is 1.70 bits per heavy atom. The molecule has 0 aliphatic heterocycles. The lowest BCUT2D eigenvalue weighted by molar-refractivity contribution is -0.126. The molecule has 0 radical (unpaired) electrons. The Kier molecular flexibility index (Phi) is 6.16. The Labute approximate surface area is 179 Å². The minimum atomic E-state index is -0.547. The molecule has 2 N–H and O–H groups in total. The van der Waals surface area contributed by atoms with E-state index in [4.69, 9.17) is 4.74 Å². The van der Waals surface area contributed by atoms with E-state index in [-0.39, 0.29) is 11.8 Å². The van der Waals surface area contributed by atoms with Crippen molar-refractivity contribution in [3.63, 3.8) is 0 Å². The van der Waals surface area contributed by atoms with Gasteiger partial charge in [-0.2, -0.15) is 0 Å². The van der Waals surface area contributed by atoms with E-state index >= 15 is 0 Å². The molecule has 4 bridgehead atoms. The highest BCUT2D eigenvalue weighted by atomic mass is 16.5. The zero-order valence-corrected chi connectivity index (χ0v) is 18.2. The first kappa shape index (κ1) is 21.0. The molecule has 4 saturated carbocycles. The van der Waals surface area contributed by atoms with Crippen molar-refractivity contribution < 1.29 is 14.3 Å². The first-order valence-corrected chi connectivity index (χ1v) is 11.3. The van der Waals surface area contributed by atoms with Crippen LogP contribution in [0.4, 0.5) is 0 Å². The van der Waals surface area contributed by atoms with Gasteiger partial charge < -0.3 is 15.4 Å². The van der Waals surface area contributed by atoms with Crippen molar-refractivity contribution in [2.45, 2.75) is 57.9 Å². The number of carbonyl (C=O) groups excluding carboxylic acids is 2. The molecule has 162 valence electrons. The second-order valence-electron chi connectivity index (χ2n) is 9.80. The number of nitrogens with one attached hydrogen (secondary N) is 2. The molecule has 1 aromatic rings. The van der Waals surface area contributed by atoms with Crippen LogP contribution in [-0.4, -0.2) is 31.5 Å². The monoisotopic (exact) mass is 410 g/mol. The second kappa shape index (κ2) is 8.83. The van der Waals surface area contributed by atoms with E-state index in [1.54, 1.807) is 20.1 Å². The molecule has 0 saturated heterocycles. The summed E-state index contributed by atoms with van der Waals surface area (Å²) >= 11 is 0. The maximum atomic E-state index is 12.4. The number of rotatable bonds is 8. The normalized spacial score (nSPS) is 30.3. The number of benzene rings is 1. The molecular formula is C25H34N2O3. The molecule has 30 heavy (non-hydrogen) atoms. The topological polar surface area (TPSA) is 67.4 Å². The Hall–Kier alpha value is -2.30. The predicted octanol–water partition coefficient (Wildman–Crippen LogP) is 3.94. The lowest BCUT2D eigenvalue weighted by Gasteiger charge is -2.57. The summed E-state index contributed by atoms with van der Waals surface area (Å²) in [5.41, 5.74) is 1.37. The van der Waals surface area contributed by atoms with E-state index in [1.165, 1.54) is 44.6 Å². The lowest BCUT2D eigenvalue weighted by Crippen LogP contribution is -2.48. The highest BCUT2D eigenvalue weighted by Crippen LogP contribution is 2.61. The minimum absolute atomic E-state index is 0.106. The highest BCUT2D eigenvalue weighted by molar-refractivity contribution is 5.95. The Bertz CT molecular complexity index is 764. The van der Waals surface area contributed by atoms with E-state index < -0.39 is 6.04 Å². The summed E-state index contributed by atoms with van der Waals surface area (Å²) in [6, 6.07) is 6.90. The van der Waals surface area contributed by atoms with Gasteiger partial charge in [-0.15, -0.1) is 0 Å². The van der Waals surface area contributed by atoms with Gasteiger partial charge in [0.05, 0.1) is 7.11 Å². The SMILES string of the molecule is COc1ccc(/C=C/C(=O)NC(C)C(=O)NCCC23CC4CC(CC(C4)C2)C3)cc1. The molecule has 4 aliphatic carbocycles. The predicted molar refractivity (Wildman–Crippen MR) is 118 cm³/mol. The third-order valence-corrected chi connectivity index (χ3v) is 7.41. The van der Waals surface area contributed by atoms with Gasteiger partial charge in [-0.05, 0) is 98.8 Å². The maximum Gasteiger partial charge on any atom is 0.244 e. The average Bonchev–Trinajstić information content (AvgIpc) is 2.71. The average molecular weight is 411 g/mol. The number of hydrogen-bond donors (Lipinski definition) is 2. The fourth-order valence-electron chi connectivity index (χ4n) is 6.41. The van der Waals surface area contributed by atoms with Crippen LogP contribution >= 0.6 is 0 Å². The Morgan fingerprint density at radius 1 is 1.10 bits per heavy atom. The third kappa shape index (κ3) is 4.88. The van der Waals surface area contributed by atoms with Crippen molar-refractivity contribution in [3.05, 3.63) is 35.9 Å². The molecule has 1 aromatic carbocycles. The van der Waals surface area contributed by atoms with Crippen LogP contribution in [0.2, 0.25) is 0 Å². The summed E-state index contributed by atoms with van der Waals surface area (Å²) in [6.45, 7) is 2.45. The van der Waals surface area contributed by atoms with E-state index in [1.807, 2.05) is 24.3 Å². The summed E-state index contributed by atoms with van der Waals surface area (Å²) < 4.78 is 5.13. The van der Waals surface area contributed by atoms with Crippen molar-refractivity contribution in [2.75, 3.05) is 13.7 Å². The smallest absolute Gasteiger partial charge is 0.244 e. The molecular weight excluding hydrogens is 376 g/mol. The zero-order valence-electron chi connectivity index (χ0n) is 18.2. The molecule has 0 aromatic heterocycles. The second-order valence-corrected chi connectivity index (χ2v) is 9.80. The molecule has 4 fully saturated rings. The van der Waals surface area contributed by atoms with Crippen molar-refractivity contribution >= 4 is 17.9 Å². The number of hydrogen-bond acceptors (Lipinski definition) is 3. The quantitative estimate of drug-likeness (QED) is 0.638. The van der Waals surface area contributed by atoms with Crippen LogP contribution in [0, 0.1) is 23.2 Å². The lowest BCUT2D eigenvalue weighted by atomic mass is 9.49. The molecule has 4 aliphatic rings. The van der Waals surface area contributed by atoms with Gasteiger partial charge in [0.2, 0.25) is 11.8 Å². The molecule has 5 heteroatoms. The fraction of sp³-hybridized carbons (Fsp3) is 0.600. The first-order chi connectivity index (χ1) is 14.4. The van der Waals surface area contributed by atoms with Crippen LogP contribution in [0.15, 0.2) is 30.3 Å². The van der Waals surface area contributed by atoms with E-state index in [0.717, 1.165) is 35.5 Å². The van der Waals surface area contributed by atoms with Crippen LogP contribution in [0.1, 0.15) is 57.4 Å². The molecule has 2 amide bonds. The van der Waals surface area contributed by atoms with Crippen LogP contribution in [-0.2, 0) is 9.59 Å². The van der Waals surface area contributed by atoms with Gasteiger partial charge in [0, 0.05) is 12.6 Å². The Balaban J connectivity index is 1.20. The summed E-state index contributed by atoms with van der Waals surface area (Å²) in [5.74, 6) is 3.20. The van der Waals surface area contributed by atoms with Crippen molar-refractivity contribution in [3.8, 4) is 5.75 Å². The standard InChI is InChI=1S/C25H34N2O3/c1-17(27-23(28)8-5-18-3-6-22(30-2)7-4-18)24(29)26-10-9-25-14-19-11-20(15-25)13-21(12-19)16-25/h3-8,17,19-21H,9-16H2,1-2H3,(H,26,29)(H,27,28)/b8-5+. The number of amides is 2. The highest BCUT2D eigenvalue weighted by Gasteiger charge is 2.50. The summed E-state index contributed by atoms with van der Waals surface area (Å²) in [4.78, 5) is 24.6. The van der Waals surface area contributed by atoms with Gasteiger partial charge in [0.15, 0.2) is 0 Å². The van der Waals surface area contributed by atoms with Crippen molar-refractivity contribution in [1.82, 2.24) is 10.6 Å². The Morgan fingerprint density at radius 3 is 2.27 bits per heavy atom. The zero-order chi connectivity index (χ0) is 21.1.